The molecule has 0 bridgehead atoms. The second kappa shape index (κ2) is 9.75. The van der Waals surface area contributed by atoms with E-state index in [0.717, 1.165) is 22.5 Å². The third-order valence-corrected chi connectivity index (χ3v) is 5.13. The number of aromatic nitrogens is 2. The average Bonchev–Trinajstić information content (AvgIpc) is 3.27. The van der Waals surface area contributed by atoms with Gasteiger partial charge in [-0.15, -0.1) is 0 Å². The lowest BCUT2D eigenvalue weighted by Crippen LogP contribution is -2.37. The number of carbonyl (C=O) groups is 2. The predicted molar refractivity (Wildman–Crippen MR) is 124 cm³/mol. The summed E-state index contributed by atoms with van der Waals surface area (Å²) in [7, 11) is 1.73. The Bertz CT molecular complexity index is 1190. The summed E-state index contributed by atoms with van der Waals surface area (Å²) in [4.78, 5) is 26.5. The molecular formula is C26H24N4O2. The summed E-state index contributed by atoms with van der Waals surface area (Å²) in [6.07, 6.45) is 1.95. The summed E-state index contributed by atoms with van der Waals surface area (Å²) < 4.78 is 1.83. The summed E-state index contributed by atoms with van der Waals surface area (Å²) in [5.41, 5.74) is 4.20. The van der Waals surface area contributed by atoms with E-state index in [-0.39, 0.29) is 18.4 Å². The molecule has 0 unspecified atom stereocenters. The SMILES string of the molecule is CN(Cc1cn(-c2ccccc2)nc1-c1ccccc1)C(=O)CNC(=O)c1ccccc1. The maximum absolute atomic E-state index is 12.7. The van der Waals surface area contributed by atoms with Crippen LogP contribution in [0.15, 0.2) is 97.2 Å². The smallest absolute Gasteiger partial charge is 0.251 e. The Morgan fingerprint density at radius 3 is 2.12 bits per heavy atom. The zero-order valence-corrected chi connectivity index (χ0v) is 17.8. The highest BCUT2D eigenvalue weighted by molar-refractivity contribution is 5.96. The molecule has 3 aromatic carbocycles. The van der Waals surface area contributed by atoms with Gasteiger partial charge in [0, 0.05) is 36.5 Å². The van der Waals surface area contributed by atoms with Gasteiger partial charge in [-0.05, 0) is 24.3 Å². The van der Waals surface area contributed by atoms with Crippen LogP contribution < -0.4 is 5.32 Å². The van der Waals surface area contributed by atoms with Crippen molar-refractivity contribution in [2.24, 2.45) is 0 Å². The lowest BCUT2D eigenvalue weighted by atomic mass is 10.1. The van der Waals surface area contributed by atoms with Gasteiger partial charge < -0.3 is 10.2 Å². The topological polar surface area (TPSA) is 67.2 Å². The minimum absolute atomic E-state index is 0.0717. The van der Waals surface area contributed by atoms with E-state index in [1.807, 2.05) is 77.6 Å². The Morgan fingerprint density at radius 1 is 0.875 bits per heavy atom. The number of para-hydroxylation sites is 1. The number of nitrogens with zero attached hydrogens (tertiary/aromatic N) is 3. The van der Waals surface area contributed by atoms with E-state index in [2.05, 4.69) is 5.32 Å². The Labute approximate surface area is 187 Å². The van der Waals surface area contributed by atoms with Crippen LogP contribution in [0, 0.1) is 0 Å². The quantitative estimate of drug-likeness (QED) is 0.489. The molecule has 160 valence electrons. The number of amides is 2. The van der Waals surface area contributed by atoms with Crippen molar-refractivity contribution in [2.45, 2.75) is 6.54 Å². The molecule has 0 aliphatic rings. The summed E-state index contributed by atoms with van der Waals surface area (Å²) in [6.45, 7) is 0.300. The van der Waals surface area contributed by atoms with Crippen molar-refractivity contribution < 1.29 is 9.59 Å². The van der Waals surface area contributed by atoms with Crippen molar-refractivity contribution in [1.29, 1.82) is 0 Å². The molecule has 0 spiro atoms. The average molecular weight is 425 g/mol. The maximum Gasteiger partial charge on any atom is 0.251 e. The number of nitrogens with one attached hydrogen (secondary N) is 1. The molecule has 4 aromatic rings. The predicted octanol–water partition coefficient (Wildman–Crippen LogP) is 3.93. The van der Waals surface area contributed by atoms with Crippen molar-refractivity contribution in [3.05, 3.63) is 108 Å². The standard InChI is InChI=1S/C26H24N4O2/c1-29(24(31)17-27-26(32)21-13-7-3-8-14-21)18-22-19-30(23-15-9-4-10-16-23)28-25(22)20-11-5-2-6-12-20/h2-16,19H,17-18H2,1H3,(H,27,32). The molecule has 6 heteroatoms. The molecule has 0 atom stereocenters. The molecule has 0 saturated carbocycles. The number of carbonyl (C=O) groups excluding carboxylic acids is 2. The first-order valence-corrected chi connectivity index (χ1v) is 10.4. The van der Waals surface area contributed by atoms with Crippen LogP contribution in [0.3, 0.4) is 0 Å². The molecule has 1 heterocycles. The molecule has 1 aromatic heterocycles. The van der Waals surface area contributed by atoms with Crippen LogP contribution >= 0.6 is 0 Å². The van der Waals surface area contributed by atoms with E-state index in [0.29, 0.717) is 12.1 Å². The molecule has 0 saturated heterocycles. The highest BCUT2D eigenvalue weighted by Crippen LogP contribution is 2.24. The van der Waals surface area contributed by atoms with Gasteiger partial charge in [0.05, 0.1) is 17.9 Å². The van der Waals surface area contributed by atoms with E-state index in [1.165, 1.54) is 0 Å². The Kier molecular flexibility index (Phi) is 6.41. The van der Waals surface area contributed by atoms with Gasteiger partial charge in [0.2, 0.25) is 5.91 Å². The molecule has 1 N–H and O–H groups in total. The van der Waals surface area contributed by atoms with Crippen molar-refractivity contribution >= 4 is 11.8 Å². The monoisotopic (exact) mass is 424 g/mol. The van der Waals surface area contributed by atoms with Crippen LogP contribution in [-0.2, 0) is 11.3 Å². The lowest BCUT2D eigenvalue weighted by molar-refractivity contribution is -0.129. The summed E-state index contributed by atoms with van der Waals surface area (Å²) in [6, 6.07) is 28.6. The van der Waals surface area contributed by atoms with Gasteiger partial charge in [-0.1, -0.05) is 66.7 Å². The first kappa shape index (κ1) is 21.1. The number of rotatable bonds is 7. The van der Waals surface area contributed by atoms with Crippen molar-refractivity contribution in [3.8, 4) is 16.9 Å². The second-order valence-corrected chi connectivity index (χ2v) is 7.45. The third-order valence-electron chi connectivity index (χ3n) is 5.13. The van der Waals surface area contributed by atoms with Crippen LogP contribution in [0.4, 0.5) is 0 Å². The van der Waals surface area contributed by atoms with E-state index in [4.69, 9.17) is 5.10 Å². The third kappa shape index (κ3) is 4.92. The minimum Gasteiger partial charge on any atom is -0.343 e. The fourth-order valence-electron chi connectivity index (χ4n) is 3.40. The second-order valence-electron chi connectivity index (χ2n) is 7.45. The fraction of sp³-hybridized carbons (Fsp3) is 0.115. The Hall–Kier alpha value is -4.19. The molecular weight excluding hydrogens is 400 g/mol. The normalized spacial score (nSPS) is 10.5. The summed E-state index contributed by atoms with van der Waals surface area (Å²) >= 11 is 0. The number of benzene rings is 3. The molecule has 32 heavy (non-hydrogen) atoms. The first-order chi connectivity index (χ1) is 15.6. The molecule has 0 fully saturated rings. The first-order valence-electron chi connectivity index (χ1n) is 10.4. The minimum atomic E-state index is -0.269. The van der Waals surface area contributed by atoms with Crippen molar-refractivity contribution in [2.75, 3.05) is 13.6 Å². The van der Waals surface area contributed by atoms with E-state index < -0.39 is 0 Å². The maximum atomic E-state index is 12.7. The number of hydrogen-bond donors (Lipinski definition) is 1. The highest BCUT2D eigenvalue weighted by atomic mass is 16.2. The number of likely N-dealkylation sites (N-methyl/N-ethyl adjacent to an activating group) is 1. The molecule has 0 aliphatic carbocycles. The summed E-state index contributed by atoms with van der Waals surface area (Å²) in [5, 5.41) is 7.48. The Balaban J connectivity index is 1.50. The van der Waals surface area contributed by atoms with Gasteiger partial charge in [-0.3, -0.25) is 9.59 Å². The molecule has 0 radical (unpaired) electrons. The van der Waals surface area contributed by atoms with E-state index in [9.17, 15) is 9.59 Å². The molecule has 0 aliphatic heterocycles. The largest absolute Gasteiger partial charge is 0.343 e. The molecule has 6 nitrogen and oxygen atoms in total. The van der Waals surface area contributed by atoms with Gasteiger partial charge in [0.1, 0.15) is 0 Å². The van der Waals surface area contributed by atoms with Gasteiger partial charge in [0.15, 0.2) is 0 Å². The van der Waals surface area contributed by atoms with Gasteiger partial charge >= 0.3 is 0 Å². The van der Waals surface area contributed by atoms with E-state index >= 15 is 0 Å². The molecule has 4 rings (SSSR count). The van der Waals surface area contributed by atoms with Gasteiger partial charge in [-0.25, -0.2) is 4.68 Å². The van der Waals surface area contributed by atoms with Crippen LogP contribution in [0.1, 0.15) is 15.9 Å². The van der Waals surface area contributed by atoms with E-state index in [1.54, 1.807) is 36.2 Å². The Morgan fingerprint density at radius 2 is 1.47 bits per heavy atom. The zero-order chi connectivity index (χ0) is 22.3. The lowest BCUT2D eigenvalue weighted by Gasteiger charge is -2.17. The van der Waals surface area contributed by atoms with Crippen LogP contribution in [0.2, 0.25) is 0 Å². The van der Waals surface area contributed by atoms with Crippen LogP contribution in [0.25, 0.3) is 16.9 Å². The van der Waals surface area contributed by atoms with Gasteiger partial charge in [-0.2, -0.15) is 5.10 Å². The fourth-order valence-corrected chi connectivity index (χ4v) is 3.40. The van der Waals surface area contributed by atoms with Crippen molar-refractivity contribution in [3.63, 3.8) is 0 Å². The van der Waals surface area contributed by atoms with Crippen molar-refractivity contribution in [1.82, 2.24) is 20.0 Å². The highest BCUT2D eigenvalue weighted by Gasteiger charge is 2.17. The number of hydrogen-bond acceptors (Lipinski definition) is 3. The van der Waals surface area contributed by atoms with Crippen LogP contribution in [-0.4, -0.2) is 40.1 Å². The van der Waals surface area contributed by atoms with Crippen LogP contribution in [0.5, 0.6) is 0 Å². The summed E-state index contributed by atoms with van der Waals surface area (Å²) in [5.74, 6) is -0.449. The van der Waals surface area contributed by atoms with Gasteiger partial charge in [0.25, 0.3) is 5.91 Å². The molecule has 2 amide bonds. The zero-order valence-electron chi connectivity index (χ0n) is 17.8.